The highest BCUT2D eigenvalue weighted by Crippen LogP contribution is 2.20. The third-order valence-corrected chi connectivity index (χ3v) is 2.99. The molecule has 5 heteroatoms. The second kappa shape index (κ2) is 6.70. The van der Waals surface area contributed by atoms with Gasteiger partial charge in [0.25, 0.3) is 0 Å². The number of hydrogen-bond acceptors (Lipinski definition) is 5. The summed E-state index contributed by atoms with van der Waals surface area (Å²) in [5, 5.41) is 3.30. The fourth-order valence-corrected chi connectivity index (χ4v) is 1.88. The number of rotatable bonds is 7. The molecule has 0 radical (unpaired) electrons. The molecule has 1 aromatic rings. The standard InChI is InChI=1S/C14H27N5/c1-6-7-16-12-8-13(18-11(2)17-12)19(5)10-14(3,4)9-15/h8H,6-7,9-10,15H2,1-5H3,(H,16,17,18). The Morgan fingerprint density at radius 3 is 2.63 bits per heavy atom. The van der Waals surface area contributed by atoms with Gasteiger partial charge in [0.1, 0.15) is 17.5 Å². The topological polar surface area (TPSA) is 67.1 Å². The molecule has 0 spiro atoms. The molecule has 1 rings (SSSR count). The van der Waals surface area contributed by atoms with Crippen molar-refractivity contribution in [2.24, 2.45) is 11.1 Å². The molecule has 108 valence electrons. The number of hydrogen-bond donors (Lipinski definition) is 2. The molecule has 0 aliphatic rings. The van der Waals surface area contributed by atoms with Crippen molar-refractivity contribution >= 4 is 11.6 Å². The maximum atomic E-state index is 5.79. The van der Waals surface area contributed by atoms with Crippen LogP contribution in [-0.2, 0) is 0 Å². The molecule has 0 saturated carbocycles. The zero-order valence-corrected chi connectivity index (χ0v) is 12.8. The van der Waals surface area contributed by atoms with E-state index in [0.717, 1.165) is 37.0 Å². The summed E-state index contributed by atoms with van der Waals surface area (Å²) in [6, 6.07) is 2.00. The minimum atomic E-state index is 0.0740. The smallest absolute Gasteiger partial charge is 0.134 e. The van der Waals surface area contributed by atoms with E-state index in [1.54, 1.807) is 0 Å². The fourth-order valence-electron chi connectivity index (χ4n) is 1.88. The molecule has 1 heterocycles. The number of nitrogens with two attached hydrogens (primary N) is 1. The highest BCUT2D eigenvalue weighted by atomic mass is 15.2. The van der Waals surface area contributed by atoms with Crippen LogP contribution in [0.4, 0.5) is 11.6 Å². The van der Waals surface area contributed by atoms with E-state index in [1.165, 1.54) is 0 Å². The zero-order valence-electron chi connectivity index (χ0n) is 12.8. The van der Waals surface area contributed by atoms with Crippen molar-refractivity contribution in [3.63, 3.8) is 0 Å². The Bertz CT molecular complexity index is 403. The summed E-state index contributed by atoms with van der Waals surface area (Å²) in [6.45, 7) is 10.8. The first-order valence-corrected chi connectivity index (χ1v) is 6.88. The quantitative estimate of drug-likeness (QED) is 0.789. The number of aryl methyl sites for hydroxylation is 1. The first-order chi connectivity index (χ1) is 8.88. The normalized spacial score (nSPS) is 11.5. The van der Waals surface area contributed by atoms with E-state index < -0.39 is 0 Å². The van der Waals surface area contributed by atoms with Crippen molar-refractivity contribution in [3.05, 3.63) is 11.9 Å². The number of anilines is 2. The Morgan fingerprint density at radius 2 is 2.05 bits per heavy atom. The largest absolute Gasteiger partial charge is 0.370 e. The molecule has 0 fully saturated rings. The Morgan fingerprint density at radius 1 is 1.37 bits per heavy atom. The molecule has 0 atom stereocenters. The van der Waals surface area contributed by atoms with Gasteiger partial charge in [0.15, 0.2) is 0 Å². The lowest BCUT2D eigenvalue weighted by atomic mass is 9.93. The van der Waals surface area contributed by atoms with Gasteiger partial charge >= 0.3 is 0 Å². The van der Waals surface area contributed by atoms with E-state index in [-0.39, 0.29) is 5.41 Å². The summed E-state index contributed by atoms with van der Waals surface area (Å²) < 4.78 is 0. The van der Waals surface area contributed by atoms with E-state index in [9.17, 15) is 0 Å². The van der Waals surface area contributed by atoms with E-state index in [4.69, 9.17) is 5.73 Å². The predicted molar refractivity (Wildman–Crippen MR) is 81.7 cm³/mol. The molecule has 0 amide bonds. The van der Waals surface area contributed by atoms with Crippen molar-refractivity contribution in [1.29, 1.82) is 0 Å². The summed E-state index contributed by atoms with van der Waals surface area (Å²) in [4.78, 5) is 11.0. The van der Waals surface area contributed by atoms with Gasteiger partial charge < -0.3 is 16.0 Å². The van der Waals surface area contributed by atoms with Crippen LogP contribution in [-0.4, -0.2) is 36.6 Å². The van der Waals surface area contributed by atoms with Crippen LogP contribution in [0.25, 0.3) is 0 Å². The second-order valence-electron chi connectivity index (χ2n) is 5.81. The summed E-state index contributed by atoms with van der Waals surface area (Å²) in [5.74, 6) is 2.61. The lowest BCUT2D eigenvalue weighted by Gasteiger charge is -2.30. The van der Waals surface area contributed by atoms with Crippen molar-refractivity contribution in [1.82, 2.24) is 9.97 Å². The Labute approximate surface area is 116 Å². The predicted octanol–water partition coefficient (Wildman–Crippen LogP) is 2.03. The van der Waals surface area contributed by atoms with Crippen molar-refractivity contribution in [2.75, 3.05) is 36.9 Å². The Hall–Kier alpha value is -1.36. The van der Waals surface area contributed by atoms with Gasteiger partial charge in [0.05, 0.1) is 0 Å². The molecule has 0 aliphatic heterocycles. The van der Waals surface area contributed by atoms with Crippen molar-refractivity contribution in [2.45, 2.75) is 34.1 Å². The molecule has 0 aromatic carbocycles. The zero-order chi connectivity index (χ0) is 14.5. The summed E-state index contributed by atoms with van der Waals surface area (Å²) in [6.07, 6.45) is 1.08. The average molecular weight is 265 g/mol. The maximum absolute atomic E-state index is 5.79. The molecular formula is C14H27N5. The van der Waals surface area contributed by atoms with Gasteiger partial charge in [-0.1, -0.05) is 20.8 Å². The Kier molecular flexibility index (Phi) is 5.54. The fraction of sp³-hybridized carbons (Fsp3) is 0.714. The highest BCUT2D eigenvalue weighted by Gasteiger charge is 2.19. The van der Waals surface area contributed by atoms with Crippen molar-refractivity contribution in [3.8, 4) is 0 Å². The molecule has 19 heavy (non-hydrogen) atoms. The molecule has 0 unspecified atom stereocenters. The van der Waals surface area contributed by atoms with E-state index >= 15 is 0 Å². The summed E-state index contributed by atoms with van der Waals surface area (Å²) in [7, 11) is 2.04. The minimum absolute atomic E-state index is 0.0740. The first kappa shape index (κ1) is 15.7. The van der Waals surface area contributed by atoms with Gasteiger partial charge in [-0.2, -0.15) is 0 Å². The molecule has 0 aliphatic carbocycles. The van der Waals surface area contributed by atoms with Crippen LogP contribution in [0.15, 0.2) is 6.07 Å². The molecule has 3 N–H and O–H groups in total. The lowest BCUT2D eigenvalue weighted by Crippen LogP contribution is -2.37. The van der Waals surface area contributed by atoms with E-state index in [0.29, 0.717) is 6.54 Å². The first-order valence-electron chi connectivity index (χ1n) is 6.88. The third kappa shape index (κ3) is 5.03. The van der Waals surface area contributed by atoms with E-state index in [1.807, 2.05) is 20.0 Å². The molecular weight excluding hydrogens is 238 g/mol. The van der Waals surface area contributed by atoms with Gasteiger partial charge in [-0.3, -0.25) is 0 Å². The average Bonchev–Trinajstić information content (AvgIpc) is 2.35. The minimum Gasteiger partial charge on any atom is -0.370 e. The van der Waals surface area contributed by atoms with Crippen LogP contribution in [0.3, 0.4) is 0 Å². The van der Waals surface area contributed by atoms with E-state index in [2.05, 4.69) is 41.0 Å². The number of aromatic nitrogens is 2. The van der Waals surface area contributed by atoms with Gasteiger partial charge in [-0.05, 0) is 25.3 Å². The maximum Gasteiger partial charge on any atom is 0.134 e. The molecule has 1 aromatic heterocycles. The Balaban J connectivity index is 2.84. The SMILES string of the molecule is CCCNc1cc(N(C)CC(C)(C)CN)nc(C)n1. The van der Waals surface area contributed by atoms with Crippen LogP contribution >= 0.6 is 0 Å². The molecule has 5 nitrogen and oxygen atoms in total. The molecule has 0 saturated heterocycles. The number of nitrogens with one attached hydrogen (secondary N) is 1. The summed E-state index contributed by atoms with van der Waals surface area (Å²) >= 11 is 0. The van der Waals surface area contributed by atoms with Crippen LogP contribution in [0, 0.1) is 12.3 Å². The van der Waals surface area contributed by atoms with Gasteiger partial charge in [-0.15, -0.1) is 0 Å². The monoisotopic (exact) mass is 265 g/mol. The van der Waals surface area contributed by atoms with Crippen molar-refractivity contribution < 1.29 is 0 Å². The second-order valence-corrected chi connectivity index (χ2v) is 5.81. The van der Waals surface area contributed by atoms with Crippen LogP contribution in [0.2, 0.25) is 0 Å². The molecule has 0 bridgehead atoms. The van der Waals surface area contributed by atoms with Gasteiger partial charge in [0, 0.05) is 26.2 Å². The number of nitrogens with zero attached hydrogens (tertiary/aromatic N) is 3. The van der Waals surface area contributed by atoms with Gasteiger partial charge in [-0.25, -0.2) is 9.97 Å². The third-order valence-electron chi connectivity index (χ3n) is 2.99. The van der Waals surface area contributed by atoms with Crippen LogP contribution < -0.4 is 16.0 Å². The van der Waals surface area contributed by atoms with Gasteiger partial charge in [0.2, 0.25) is 0 Å². The lowest BCUT2D eigenvalue weighted by molar-refractivity contribution is 0.384. The van der Waals surface area contributed by atoms with Crippen LogP contribution in [0.1, 0.15) is 33.0 Å². The van der Waals surface area contributed by atoms with Crippen LogP contribution in [0.5, 0.6) is 0 Å². The highest BCUT2D eigenvalue weighted by molar-refractivity contribution is 5.49. The summed E-state index contributed by atoms with van der Waals surface area (Å²) in [5.41, 5.74) is 5.86.